The van der Waals surface area contributed by atoms with Gasteiger partial charge in [-0.05, 0) is 54.7 Å². The van der Waals surface area contributed by atoms with Crippen LogP contribution >= 0.6 is 11.6 Å². The Morgan fingerprint density at radius 3 is 2.74 bits per heavy atom. The topological polar surface area (TPSA) is 115 Å². The number of benzene rings is 1. The molecule has 0 spiro atoms. The van der Waals surface area contributed by atoms with Gasteiger partial charge < -0.3 is 5.73 Å². The number of hydrogen-bond donors (Lipinski definition) is 2. The van der Waals surface area contributed by atoms with E-state index in [1.54, 1.807) is 10.7 Å². The molecule has 1 saturated carbocycles. The number of H-pyrrole nitrogens is 1. The molecule has 0 radical (unpaired) electrons. The van der Waals surface area contributed by atoms with Crippen LogP contribution in [-0.4, -0.2) is 36.9 Å². The molecule has 2 heterocycles. The van der Waals surface area contributed by atoms with Crippen LogP contribution in [0.5, 0.6) is 0 Å². The van der Waals surface area contributed by atoms with Crippen molar-refractivity contribution in [2.75, 3.05) is 6.54 Å². The van der Waals surface area contributed by atoms with Crippen LogP contribution in [-0.2, 0) is 5.41 Å². The fourth-order valence-corrected chi connectivity index (χ4v) is 4.10. The Morgan fingerprint density at radius 2 is 2.07 bits per heavy atom. The second-order valence-corrected chi connectivity index (χ2v) is 7.40. The van der Waals surface area contributed by atoms with E-state index >= 15 is 0 Å². The van der Waals surface area contributed by atoms with Gasteiger partial charge in [0.1, 0.15) is 5.69 Å². The highest BCUT2D eigenvalue weighted by Gasteiger charge is 2.37. The molecule has 0 unspecified atom stereocenters. The lowest BCUT2D eigenvalue weighted by atomic mass is 9.68. The molecule has 1 aromatic carbocycles. The van der Waals surface area contributed by atoms with Crippen molar-refractivity contribution in [2.45, 2.75) is 37.1 Å². The summed E-state index contributed by atoms with van der Waals surface area (Å²) in [5.74, 6) is 0.370. The summed E-state index contributed by atoms with van der Waals surface area (Å²) in [6, 6.07) is 11.0. The lowest BCUT2D eigenvalue weighted by molar-refractivity contribution is 0.222. The molecule has 0 saturated heterocycles. The number of hydrogen-bond acceptors (Lipinski definition) is 6. The quantitative estimate of drug-likeness (QED) is 0.710. The largest absolute Gasteiger partial charge is 0.330 e. The Kier molecular flexibility index (Phi) is 4.75. The second kappa shape index (κ2) is 7.21. The predicted molar refractivity (Wildman–Crippen MR) is 101 cm³/mol. The van der Waals surface area contributed by atoms with Crippen molar-refractivity contribution in [3.8, 4) is 11.5 Å². The van der Waals surface area contributed by atoms with Crippen molar-refractivity contribution in [3.05, 3.63) is 57.3 Å². The first-order chi connectivity index (χ1) is 13.1. The van der Waals surface area contributed by atoms with Gasteiger partial charge in [-0.2, -0.15) is 10.3 Å². The van der Waals surface area contributed by atoms with Gasteiger partial charge in [0.25, 0.3) is 5.56 Å². The highest BCUT2D eigenvalue weighted by Crippen LogP contribution is 2.42. The van der Waals surface area contributed by atoms with Crippen LogP contribution < -0.4 is 11.3 Å². The van der Waals surface area contributed by atoms with Crippen LogP contribution in [0.2, 0.25) is 5.02 Å². The molecule has 1 aliphatic rings. The summed E-state index contributed by atoms with van der Waals surface area (Å²) >= 11 is 6.18. The lowest BCUT2D eigenvalue weighted by Crippen LogP contribution is -2.41. The summed E-state index contributed by atoms with van der Waals surface area (Å²) in [6.45, 7) is 0.547. The van der Waals surface area contributed by atoms with Crippen LogP contribution in [0.3, 0.4) is 0 Å². The van der Waals surface area contributed by atoms with Gasteiger partial charge in [-0.1, -0.05) is 23.7 Å². The Hall–Kier alpha value is -2.58. The molecule has 140 valence electrons. The van der Waals surface area contributed by atoms with Gasteiger partial charge in [0, 0.05) is 23.0 Å². The molecular formula is C18H20ClN7O. The van der Waals surface area contributed by atoms with Gasteiger partial charge in [-0.15, -0.1) is 10.2 Å². The summed E-state index contributed by atoms with van der Waals surface area (Å²) < 4.78 is 1.55. The zero-order valence-corrected chi connectivity index (χ0v) is 15.4. The molecule has 4 rings (SSSR count). The molecule has 0 atom stereocenters. The molecule has 0 bridgehead atoms. The minimum absolute atomic E-state index is 0.0169. The molecule has 3 N–H and O–H groups in total. The molecule has 8 nitrogen and oxygen atoms in total. The number of aromatic nitrogens is 6. The zero-order chi connectivity index (χ0) is 18.9. The smallest absolute Gasteiger partial charge is 0.267 e. The molecule has 27 heavy (non-hydrogen) atoms. The molecule has 2 aromatic heterocycles. The van der Waals surface area contributed by atoms with Crippen molar-refractivity contribution in [1.82, 2.24) is 30.4 Å². The van der Waals surface area contributed by atoms with E-state index in [9.17, 15) is 4.79 Å². The Morgan fingerprint density at radius 1 is 1.26 bits per heavy atom. The van der Waals surface area contributed by atoms with Gasteiger partial charge in [0.2, 0.25) is 5.82 Å². The number of nitrogens with one attached hydrogen (secondary N) is 1. The van der Waals surface area contributed by atoms with Crippen LogP contribution in [0, 0.1) is 0 Å². The summed E-state index contributed by atoms with van der Waals surface area (Å²) in [4.78, 5) is 12.4. The lowest BCUT2D eigenvalue weighted by Gasteiger charge is -2.40. The first-order valence-electron chi connectivity index (χ1n) is 8.91. The van der Waals surface area contributed by atoms with E-state index in [-0.39, 0.29) is 17.0 Å². The molecule has 3 aromatic rings. The maximum absolute atomic E-state index is 12.4. The van der Waals surface area contributed by atoms with Crippen molar-refractivity contribution < 1.29 is 0 Å². The number of tetrazole rings is 1. The van der Waals surface area contributed by atoms with E-state index in [1.165, 1.54) is 6.07 Å². The van der Waals surface area contributed by atoms with Crippen LogP contribution in [0.15, 0.2) is 41.2 Å². The molecule has 0 aliphatic heterocycles. The van der Waals surface area contributed by atoms with Crippen LogP contribution in [0.25, 0.3) is 11.5 Å². The van der Waals surface area contributed by atoms with Crippen LogP contribution in [0.1, 0.15) is 37.3 Å². The number of aromatic amines is 1. The predicted octanol–water partition coefficient (Wildman–Crippen LogP) is 2.09. The average Bonchev–Trinajstić information content (AvgIpc) is 3.23. The van der Waals surface area contributed by atoms with Gasteiger partial charge in [-0.25, -0.2) is 4.68 Å². The minimum Gasteiger partial charge on any atom is -0.330 e. The highest BCUT2D eigenvalue weighted by molar-refractivity contribution is 6.30. The molecule has 1 fully saturated rings. The van der Waals surface area contributed by atoms with Crippen molar-refractivity contribution in [3.63, 3.8) is 0 Å². The first kappa shape index (κ1) is 17.8. The summed E-state index contributed by atoms with van der Waals surface area (Å²) in [6.07, 6.45) is 3.36. The van der Waals surface area contributed by atoms with Crippen molar-refractivity contribution in [2.24, 2.45) is 5.73 Å². The van der Waals surface area contributed by atoms with E-state index in [4.69, 9.17) is 17.3 Å². The van der Waals surface area contributed by atoms with Crippen molar-refractivity contribution >= 4 is 11.6 Å². The fraction of sp³-hybridized carbons (Fsp3) is 0.389. The van der Waals surface area contributed by atoms with Gasteiger partial charge in [-0.3, -0.25) is 4.79 Å². The third-order valence-electron chi connectivity index (χ3n) is 5.49. The van der Waals surface area contributed by atoms with Gasteiger partial charge >= 0.3 is 0 Å². The second-order valence-electron chi connectivity index (χ2n) is 6.96. The van der Waals surface area contributed by atoms with E-state index in [2.05, 4.69) is 31.8 Å². The van der Waals surface area contributed by atoms with E-state index in [1.807, 2.05) is 18.2 Å². The third-order valence-corrected chi connectivity index (χ3v) is 5.72. The third kappa shape index (κ3) is 3.38. The number of rotatable bonds is 4. The normalized spacial score (nSPS) is 22.7. The Labute approximate surface area is 160 Å². The van der Waals surface area contributed by atoms with Gasteiger partial charge in [0.15, 0.2) is 0 Å². The summed E-state index contributed by atoms with van der Waals surface area (Å²) in [5.41, 5.74) is 7.61. The standard InChI is InChI=1S/C18H20ClN7O/c19-13-3-1-2-12(10-13)18(11-20)8-6-14(7-9-18)26-16(27)5-4-15(23-26)17-21-24-25-22-17/h1-5,10,14H,6-9,11,20H2,(H,21,22,24,25). The average molecular weight is 386 g/mol. The molecule has 1 aliphatic carbocycles. The summed E-state index contributed by atoms with van der Waals surface area (Å²) in [7, 11) is 0. The van der Waals surface area contributed by atoms with E-state index < -0.39 is 0 Å². The van der Waals surface area contributed by atoms with Gasteiger partial charge in [0.05, 0.1) is 6.04 Å². The van der Waals surface area contributed by atoms with E-state index in [0.717, 1.165) is 31.2 Å². The fourth-order valence-electron chi connectivity index (χ4n) is 3.91. The van der Waals surface area contributed by atoms with E-state index in [0.29, 0.717) is 23.1 Å². The monoisotopic (exact) mass is 385 g/mol. The minimum atomic E-state index is -0.129. The first-order valence-corrected chi connectivity index (χ1v) is 9.29. The zero-order valence-electron chi connectivity index (χ0n) is 14.7. The SMILES string of the molecule is NCC1(c2cccc(Cl)c2)CCC(n2nc(-c3nn[nH]n3)ccc2=O)CC1. The number of halogens is 1. The summed E-state index contributed by atoms with van der Waals surface area (Å²) in [5, 5.41) is 19.0. The highest BCUT2D eigenvalue weighted by atomic mass is 35.5. The van der Waals surface area contributed by atoms with Crippen LogP contribution in [0.4, 0.5) is 0 Å². The maximum Gasteiger partial charge on any atom is 0.267 e. The Bertz CT molecular complexity index is 977. The molecular weight excluding hydrogens is 366 g/mol. The Balaban J connectivity index is 1.59. The molecule has 0 amide bonds. The number of nitrogens with zero attached hydrogens (tertiary/aromatic N) is 5. The maximum atomic E-state index is 12.4. The molecule has 9 heteroatoms. The number of nitrogens with two attached hydrogens (primary N) is 1. The van der Waals surface area contributed by atoms with Crippen molar-refractivity contribution in [1.29, 1.82) is 0 Å².